The molecule has 0 aliphatic carbocycles. The maximum atomic E-state index is 13.3. The highest BCUT2D eigenvalue weighted by atomic mass is 32.1. The first-order valence-corrected chi connectivity index (χ1v) is 9.30. The lowest BCUT2D eigenvalue weighted by molar-refractivity contribution is -0.120. The Morgan fingerprint density at radius 3 is 2.39 bits per heavy atom. The minimum atomic E-state index is -0.508. The number of rotatable bonds is 5. The molecule has 5 nitrogen and oxygen atoms in total. The van der Waals surface area contributed by atoms with Crippen molar-refractivity contribution in [1.29, 1.82) is 0 Å². The van der Waals surface area contributed by atoms with Gasteiger partial charge in [-0.3, -0.25) is 9.59 Å². The number of nitrogens with zero attached hydrogens (tertiary/aromatic N) is 1. The van der Waals surface area contributed by atoms with Gasteiger partial charge in [0.25, 0.3) is 11.8 Å². The van der Waals surface area contributed by atoms with Crippen molar-refractivity contribution in [1.82, 2.24) is 0 Å². The lowest BCUT2D eigenvalue weighted by atomic mass is 10.1. The number of carbonyl (C=O) groups excluding carboxylic acids is 2. The number of anilines is 2. The van der Waals surface area contributed by atoms with E-state index in [0.29, 0.717) is 22.0 Å². The minimum Gasteiger partial charge on any atom is -0.495 e. The summed E-state index contributed by atoms with van der Waals surface area (Å²) in [5.41, 5.74) is 1.30. The van der Waals surface area contributed by atoms with Gasteiger partial charge in [0, 0.05) is 4.88 Å². The first-order chi connectivity index (χ1) is 13.6. The monoisotopic (exact) mass is 394 g/mol. The van der Waals surface area contributed by atoms with Gasteiger partial charge >= 0.3 is 0 Å². The number of ether oxygens (including phenoxy) is 1. The fraction of sp³-hybridized carbons (Fsp3) is 0.0476. The maximum Gasteiger partial charge on any atom is 0.282 e. The molecule has 0 spiro atoms. The van der Waals surface area contributed by atoms with Crippen molar-refractivity contribution in [2.24, 2.45) is 0 Å². The zero-order valence-electron chi connectivity index (χ0n) is 14.8. The Balaban J connectivity index is 1.81. The lowest BCUT2D eigenvalue weighted by Crippen LogP contribution is -2.32. The molecule has 0 unspecified atom stereocenters. The van der Waals surface area contributed by atoms with E-state index < -0.39 is 17.6 Å². The SMILES string of the molecule is COc1ccccc1NC1=C(c2cccs2)C(=O)N(c2ccc(F)cc2)C1=O. The number of methoxy groups -OCH3 is 1. The van der Waals surface area contributed by atoms with Crippen LogP contribution in [-0.4, -0.2) is 18.9 Å². The summed E-state index contributed by atoms with van der Waals surface area (Å²) in [4.78, 5) is 28.0. The number of benzene rings is 2. The number of amides is 2. The molecule has 1 aliphatic heterocycles. The van der Waals surface area contributed by atoms with Crippen LogP contribution in [0.1, 0.15) is 4.88 Å². The predicted molar refractivity (Wildman–Crippen MR) is 107 cm³/mol. The third kappa shape index (κ3) is 3.05. The second kappa shape index (κ2) is 7.28. The zero-order valence-corrected chi connectivity index (χ0v) is 15.6. The Bertz CT molecular complexity index is 1080. The molecule has 2 aromatic carbocycles. The zero-order chi connectivity index (χ0) is 19.7. The molecule has 0 radical (unpaired) electrons. The Hall–Kier alpha value is -3.45. The van der Waals surface area contributed by atoms with Crippen molar-refractivity contribution in [3.63, 3.8) is 0 Å². The summed E-state index contributed by atoms with van der Waals surface area (Å²) in [7, 11) is 1.53. The fourth-order valence-corrected chi connectivity index (χ4v) is 3.77. The number of hydrogen-bond acceptors (Lipinski definition) is 5. The molecule has 7 heteroatoms. The van der Waals surface area contributed by atoms with Crippen LogP contribution in [-0.2, 0) is 9.59 Å². The van der Waals surface area contributed by atoms with E-state index >= 15 is 0 Å². The van der Waals surface area contributed by atoms with Gasteiger partial charge < -0.3 is 10.1 Å². The minimum absolute atomic E-state index is 0.154. The Labute approximate surface area is 164 Å². The molecular weight excluding hydrogens is 379 g/mol. The van der Waals surface area contributed by atoms with Crippen molar-refractivity contribution in [2.75, 3.05) is 17.3 Å². The Morgan fingerprint density at radius 1 is 0.964 bits per heavy atom. The molecule has 0 bridgehead atoms. The molecule has 0 saturated heterocycles. The first kappa shape index (κ1) is 17.9. The van der Waals surface area contributed by atoms with E-state index in [2.05, 4.69) is 5.32 Å². The van der Waals surface area contributed by atoms with E-state index in [-0.39, 0.29) is 11.3 Å². The summed E-state index contributed by atoms with van der Waals surface area (Å²) < 4.78 is 18.6. The van der Waals surface area contributed by atoms with Crippen LogP contribution in [0.2, 0.25) is 0 Å². The maximum absolute atomic E-state index is 13.3. The number of thiophene rings is 1. The van der Waals surface area contributed by atoms with Crippen LogP contribution in [0.5, 0.6) is 5.75 Å². The van der Waals surface area contributed by atoms with Gasteiger partial charge in [-0.15, -0.1) is 11.3 Å². The molecule has 1 aromatic heterocycles. The number of imide groups is 1. The van der Waals surface area contributed by atoms with E-state index in [1.165, 1.54) is 42.7 Å². The summed E-state index contributed by atoms with van der Waals surface area (Å²) >= 11 is 1.36. The molecule has 0 saturated carbocycles. The molecule has 1 N–H and O–H groups in total. The summed E-state index contributed by atoms with van der Waals surface area (Å²) in [6.07, 6.45) is 0. The number of hydrogen-bond donors (Lipinski definition) is 1. The van der Waals surface area contributed by atoms with E-state index in [9.17, 15) is 14.0 Å². The van der Waals surface area contributed by atoms with Gasteiger partial charge in [0.1, 0.15) is 17.3 Å². The summed E-state index contributed by atoms with van der Waals surface area (Å²) in [5, 5.41) is 4.90. The molecule has 140 valence electrons. The second-order valence-electron chi connectivity index (χ2n) is 5.97. The van der Waals surface area contributed by atoms with Crippen LogP contribution < -0.4 is 15.0 Å². The highest BCUT2D eigenvalue weighted by Gasteiger charge is 2.40. The number of para-hydroxylation sites is 2. The molecule has 4 rings (SSSR count). The molecule has 0 fully saturated rings. The van der Waals surface area contributed by atoms with Crippen molar-refractivity contribution in [2.45, 2.75) is 0 Å². The van der Waals surface area contributed by atoms with Crippen molar-refractivity contribution < 1.29 is 18.7 Å². The molecule has 2 amide bonds. The number of nitrogens with one attached hydrogen (secondary N) is 1. The standard InChI is InChI=1S/C21H15FN2O3S/c1-27-16-6-3-2-5-15(16)23-19-18(17-7-4-12-28-17)20(25)24(21(19)26)14-10-8-13(22)9-11-14/h2-12,23H,1H3. The fourth-order valence-electron chi connectivity index (χ4n) is 3.00. The average Bonchev–Trinajstić information content (AvgIpc) is 3.30. The lowest BCUT2D eigenvalue weighted by Gasteiger charge is -2.15. The van der Waals surface area contributed by atoms with Gasteiger partial charge in [-0.1, -0.05) is 18.2 Å². The third-order valence-electron chi connectivity index (χ3n) is 4.30. The highest BCUT2D eigenvalue weighted by Crippen LogP contribution is 2.36. The highest BCUT2D eigenvalue weighted by molar-refractivity contribution is 7.11. The molecular formula is C21H15FN2O3S. The molecule has 2 heterocycles. The topological polar surface area (TPSA) is 58.6 Å². The Morgan fingerprint density at radius 2 is 1.71 bits per heavy atom. The van der Waals surface area contributed by atoms with Gasteiger partial charge in [-0.2, -0.15) is 0 Å². The predicted octanol–water partition coefficient (Wildman–Crippen LogP) is 4.29. The van der Waals surface area contributed by atoms with Gasteiger partial charge in [-0.25, -0.2) is 9.29 Å². The van der Waals surface area contributed by atoms with Gasteiger partial charge in [-0.05, 0) is 47.8 Å². The van der Waals surface area contributed by atoms with E-state index in [1.807, 2.05) is 17.5 Å². The van der Waals surface area contributed by atoms with Crippen LogP contribution in [0, 0.1) is 5.82 Å². The van der Waals surface area contributed by atoms with Crippen molar-refractivity contribution >= 4 is 40.1 Å². The molecule has 28 heavy (non-hydrogen) atoms. The average molecular weight is 394 g/mol. The summed E-state index contributed by atoms with van der Waals surface area (Å²) in [6.45, 7) is 0. The molecule has 1 aliphatic rings. The smallest absolute Gasteiger partial charge is 0.282 e. The van der Waals surface area contributed by atoms with E-state index in [4.69, 9.17) is 4.74 Å². The normalized spacial score (nSPS) is 14.0. The molecule has 3 aromatic rings. The second-order valence-corrected chi connectivity index (χ2v) is 6.92. The number of halogens is 1. The van der Waals surface area contributed by atoms with Crippen LogP contribution in [0.15, 0.2) is 71.7 Å². The van der Waals surface area contributed by atoms with Gasteiger partial charge in [0.15, 0.2) is 0 Å². The summed E-state index contributed by atoms with van der Waals surface area (Å²) in [5.74, 6) is -0.870. The number of carbonyl (C=O) groups is 2. The van der Waals surface area contributed by atoms with Crippen molar-refractivity contribution in [3.05, 3.63) is 82.4 Å². The quantitative estimate of drug-likeness (QED) is 0.656. The van der Waals surface area contributed by atoms with Gasteiger partial charge in [0.05, 0.1) is 24.1 Å². The van der Waals surface area contributed by atoms with Gasteiger partial charge in [0.2, 0.25) is 0 Å². The van der Waals surface area contributed by atoms with E-state index in [1.54, 1.807) is 24.3 Å². The van der Waals surface area contributed by atoms with Crippen molar-refractivity contribution in [3.8, 4) is 5.75 Å². The largest absolute Gasteiger partial charge is 0.495 e. The van der Waals surface area contributed by atoms with Crippen LogP contribution in [0.3, 0.4) is 0 Å². The third-order valence-corrected chi connectivity index (χ3v) is 5.19. The first-order valence-electron chi connectivity index (χ1n) is 8.42. The Kier molecular flexibility index (Phi) is 4.67. The van der Waals surface area contributed by atoms with Crippen LogP contribution in [0.4, 0.5) is 15.8 Å². The van der Waals surface area contributed by atoms with Crippen LogP contribution >= 0.6 is 11.3 Å². The van der Waals surface area contributed by atoms with Crippen LogP contribution in [0.25, 0.3) is 5.57 Å². The van der Waals surface area contributed by atoms with E-state index in [0.717, 1.165) is 4.90 Å². The molecule has 0 atom stereocenters. The summed E-state index contributed by atoms with van der Waals surface area (Å²) in [6, 6.07) is 16.0.